The molecule has 0 bridgehead atoms. The van der Waals surface area contributed by atoms with E-state index in [1.807, 2.05) is 0 Å². The van der Waals surface area contributed by atoms with Crippen molar-refractivity contribution in [3.63, 3.8) is 0 Å². The highest BCUT2D eigenvalue weighted by molar-refractivity contribution is 6.69. The van der Waals surface area contributed by atoms with Crippen molar-refractivity contribution in [2.45, 2.75) is 16.3 Å². The van der Waals surface area contributed by atoms with Gasteiger partial charge in [0.2, 0.25) is 0 Å². The minimum atomic E-state index is -1.17. The van der Waals surface area contributed by atoms with E-state index >= 15 is 0 Å². The lowest BCUT2D eigenvalue weighted by Crippen LogP contribution is -2.08. The van der Waals surface area contributed by atoms with Crippen molar-refractivity contribution >= 4 is 45.0 Å². The molecular formula is C3H4Cl3Si. The molecule has 0 aliphatic rings. The molecule has 0 rings (SSSR count). The fourth-order valence-electron chi connectivity index (χ4n) is 0. The van der Waals surface area contributed by atoms with Gasteiger partial charge in [0.15, 0.2) is 3.79 Å². The summed E-state index contributed by atoms with van der Waals surface area (Å²) >= 11 is 16.1. The third-order valence-corrected chi connectivity index (χ3v) is 2.45. The highest BCUT2D eigenvalue weighted by Crippen LogP contribution is 2.36. The summed E-state index contributed by atoms with van der Waals surface area (Å²) in [5, 5.41) is 0. The van der Waals surface area contributed by atoms with Gasteiger partial charge in [-0.2, -0.15) is 0 Å². The summed E-state index contributed by atoms with van der Waals surface area (Å²) in [5.74, 6) is 0. The zero-order chi connectivity index (χ0) is 6.08. The SMILES string of the molecule is CC([Si])C(Cl)(Cl)Cl. The van der Waals surface area contributed by atoms with Crippen molar-refractivity contribution in [3.8, 4) is 0 Å². The average Bonchev–Trinajstić information content (AvgIpc) is 1.31. The van der Waals surface area contributed by atoms with Crippen LogP contribution in [-0.4, -0.2) is 14.0 Å². The first-order valence-electron chi connectivity index (χ1n) is 1.72. The van der Waals surface area contributed by atoms with Crippen LogP contribution in [0.1, 0.15) is 6.92 Å². The van der Waals surface area contributed by atoms with Gasteiger partial charge in [0.1, 0.15) is 0 Å². The zero-order valence-corrected chi connectivity index (χ0v) is 6.98. The Morgan fingerprint density at radius 1 is 1.43 bits per heavy atom. The molecule has 0 aromatic rings. The summed E-state index contributed by atoms with van der Waals surface area (Å²) in [7, 11) is 3.15. The minimum absolute atomic E-state index is 0.0995. The van der Waals surface area contributed by atoms with Crippen LogP contribution in [-0.2, 0) is 0 Å². The largest absolute Gasteiger partial charge is 0.190 e. The minimum Gasteiger partial charge on any atom is -0.0837 e. The number of alkyl halides is 3. The van der Waals surface area contributed by atoms with Gasteiger partial charge in [-0.15, -0.1) is 0 Å². The molecule has 0 saturated carbocycles. The Bertz CT molecular complexity index is 55.7. The Labute approximate surface area is 61.5 Å². The van der Waals surface area contributed by atoms with Gasteiger partial charge in [0.05, 0.1) is 0 Å². The summed E-state index contributed by atoms with van der Waals surface area (Å²) in [4.78, 5) is 0. The summed E-state index contributed by atoms with van der Waals surface area (Å²) in [6, 6.07) is 0. The lowest BCUT2D eigenvalue weighted by Gasteiger charge is -2.13. The molecule has 0 amide bonds. The molecule has 0 aliphatic carbocycles. The van der Waals surface area contributed by atoms with Gasteiger partial charge < -0.3 is 0 Å². The van der Waals surface area contributed by atoms with E-state index in [2.05, 4.69) is 10.2 Å². The van der Waals surface area contributed by atoms with Crippen molar-refractivity contribution in [1.82, 2.24) is 0 Å². The molecule has 0 N–H and O–H groups in total. The first kappa shape index (κ1) is 8.09. The lowest BCUT2D eigenvalue weighted by atomic mass is 10.5. The molecule has 4 heteroatoms. The zero-order valence-electron chi connectivity index (χ0n) is 3.71. The standard InChI is InChI=1S/C3H4Cl3Si/c1-2(7)3(4,5)6/h2H,1H3. The summed E-state index contributed by atoms with van der Waals surface area (Å²) in [6.45, 7) is 1.77. The van der Waals surface area contributed by atoms with Gasteiger partial charge >= 0.3 is 0 Å². The Morgan fingerprint density at radius 2 is 1.57 bits per heavy atom. The highest BCUT2D eigenvalue weighted by Gasteiger charge is 2.23. The van der Waals surface area contributed by atoms with Crippen LogP contribution in [0.2, 0.25) is 5.54 Å². The van der Waals surface area contributed by atoms with E-state index in [1.54, 1.807) is 6.92 Å². The van der Waals surface area contributed by atoms with Crippen molar-refractivity contribution in [3.05, 3.63) is 0 Å². The van der Waals surface area contributed by atoms with Crippen LogP contribution in [0.4, 0.5) is 0 Å². The number of hydrogen-bond acceptors (Lipinski definition) is 0. The van der Waals surface area contributed by atoms with E-state index in [4.69, 9.17) is 34.8 Å². The molecule has 1 atom stereocenters. The summed E-state index contributed by atoms with van der Waals surface area (Å²) in [5.41, 5.74) is -0.0995. The third kappa shape index (κ3) is 3.65. The molecule has 0 fully saturated rings. The molecular weight excluding hydrogens is 170 g/mol. The first-order valence-corrected chi connectivity index (χ1v) is 3.43. The molecule has 0 nitrogen and oxygen atoms in total. The van der Waals surface area contributed by atoms with Gasteiger partial charge in [-0.25, -0.2) is 0 Å². The van der Waals surface area contributed by atoms with Crippen LogP contribution in [0.5, 0.6) is 0 Å². The second kappa shape index (κ2) is 2.58. The van der Waals surface area contributed by atoms with E-state index in [1.165, 1.54) is 0 Å². The Balaban J connectivity index is 3.54. The van der Waals surface area contributed by atoms with Crippen molar-refractivity contribution in [2.75, 3.05) is 0 Å². The second-order valence-corrected chi connectivity index (χ2v) is 4.50. The smallest absolute Gasteiger partial charge is 0.0837 e. The average molecular weight is 175 g/mol. The predicted octanol–water partition coefficient (Wildman–Crippen LogP) is 2.33. The van der Waals surface area contributed by atoms with E-state index in [9.17, 15) is 0 Å². The van der Waals surface area contributed by atoms with Gasteiger partial charge in [0, 0.05) is 10.2 Å². The van der Waals surface area contributed by atoms with Crippen LogP contribution in [0, 0.1) is 0 Å². The van der Waals surface area contributed by atoms with Gasteiger partial charge in [0.25, 0.3) is 0 Å². The molecule has 0 aliphatic heterocycles. The molecule has 0 spiro atoms. The maximum Gasteiger partial charge on any atom is 0.190 e. The topological polar surface area (TPSA) is 0 Å². The Kier molecular flexibility index (Phi) is 2.98. The van der Waals surface area contributed by atoms with Crippen LogP contribution >= 0.6 is 34.8 Å². The normalized spacial score (nSPS) is 16.7. The molecule has 0 heterocycles. The van der Waals surface area contributed by atoms with E-state index in [0.29, 0.717) is 0 Å². The molecule has 0 aromatic carbocycles. The van der Waals surface area contributed by atoms with Crippen LogP contribution in [0.3, 0.4) is 0 Å². The predicted molar refractivity (Wildman–Crippen MR) is 35.5 cm³/mol. The van der Waals surface area contributed by atoms with Gasteiger partial charge in [-0.1, -0.05) is 41.7 Å². The van der Waals surface area contributed by atoms with Gasteiger partial charge in [-0.05, 0) is 5.54 Å². The fraction of sp³-hybridized carbons (Fsp3) is 1.00. The monoisotopic (exact) mass is 173 g/mol. The summed E-state index contributed by atoms with van der Waals surface area (Å²) < 4.78 is -1.17. The lowest BCUT2D eigenvalue weighted by molar-refractivity contribution is 0.966. The number of halogens is 3. The maximum atomic E-state index is 5.35. The maximum absolute atomic E-state index is 5.35. The van der Waals surface area contributed by atoms with Crippen LogP contribution in [0.25, 0.3) is 0 Å². The molecule has 41 valence electrons. The van der Waals surface area contributed by atoms with Crippen LogP contribution < -0.4 is 0 Å². The quantitative estimate of drug-likeness (QED) is 0.391. The first-order chi connectivity index (χ1) is 2.94. The fourth-order valence-corrected chi connectivity index (χ4v) is 0. The molecule has 0 aromatic heterocycles. The second-order valence-electron chi connectivity index (χ2n) is 1.26. The molecule has 3 radical (unpaired) electrons. The van der Waals surface area contributed by atoms with Crippen molar-refractivity contribution < 1.29 is 0 Å². The van der Waals surface area contributed by atoms with Crippen LogP contribution in [0.15, 0.2) is 0 Å². The summed E-state index contributed by atoms with van der Waals surface area (Å²) in [6.07, 6.45) is 0. The van der Waals surface area contributed by atoms with Crippen molar-refractivity contribution in [1.29, 1.82) is 0 Å². The highest BCUT2D eigenvalue weighted by atomic mass is 35.6. The Morgan fingerprint density at radius 3 is 1.57 bits per heavy atom. The molecule has 1 unspecified atom stereocenters. The molecule has 7 heavy (non-hydrogen) atoms. The Hall–Kier alpha value is 1.09. The number of rotatable bonds is 0. The molecule has 0 saturated heterocycles. The third-order valence-electron chi connectivity index (χ3n) is 0.491. The van der Waals surface area contributed by atoms with E-state index in [0.717, 1.165) is 0 Å². The number of hydrogen-bond donors (Lipinski definition) is 0. The van der Waals surface area contributed by atoms with Crippen molar-refractivity contribution in [2.24, 2.45) is 0 Å². The van der Waals surface area contributed by atoms with E-state index in [-0.39, 0.29) is 5.54 Å². The van der Waals surface area contributed by atoms with E-state index < -0.39 is 3.79 Å². The van der Waals surface area contributed by atoms with Gasteiger partial charge in [-0.3, -0.25) is 0 Å².